The van der Waals surface area contributed by atoms with Crippen LogP contribution in [0.4, 0.5) is 11.4 Å². The van der Waals surface area contributed by atoms with E-state index < -0.39 is 0 Å². The van der Waals surface area contributed by atoms with Gasteiger partial charge in [-0.1, -0.05) is 113 Å². The third-order valence-electron chi connectivity index (χ3n) is 10.3. The van der Waals surface area contributed by atoms with Gasteiger partial charge in [0.05, 0.1) is 0 Å². The molecule has 0 bridgehead atoms. The highest BCUT2D eigenvalue weighted by atomic mass is 15.2. The Morgan fingerprint density at radius 2 is 0.921 bits per heavy atom. The van der Waals surface area contributed by atoms with Crippen molar-refractivity contribution >= 4 is 32.9 Å². The standard InChI is InChI=1S/C36H44N2/c1-25-35(3,4)31-21-19-27-15-9-11-17-29(27)33(31)37(25)23-13-7-8-14-24-38-26(2)36(5,6)32-22-20-28-16-10-12-18-30(28)34(32)38/h9-12,15-22,25-26H,7-8,13-14,23-24H2,1-6H3. The monoisotopic (exact) mass is 504 g/mol. The fourth-order valence-corrected chi connectivity index (χ4v) is 7.31. The van der Waals surface area contributed by atoms with Gasteiger partial charge in [-0.3, -0.25) is 0 Å². The molecule has 198 valence electrons. The van der Waals surface area contributed by atoms with Crippen LogP contribution in [0.15, 0.2) is 72.8 Å². The maximum atomic E-state index is 2.71. The Morgan fingerprint density at radius 3 is 1.34 bits per heavy atom. The van der Waals surface area contributed by atoms with E-state index in [1.807, 2.05) is 0 Å². The van der Waals surface area contributed by atoms with Gasteiger partial charge in [0.25, 0.3) is 0 Å². The van der Waals surface area contributed by atoms with E-state index in [-0.39, 0.29) is 10.8 Å². The molecule has 4 aromatic rings. The summed E-state index contributed by atoms with van der Waals surface area (Å²) in [6.07, 6.45) is 5.09. The first-order chi connectivity index (χ1) is 18.2. The molecule has 6 rings (SSSR count). The van der Waals surface area contributed by atoms with Gasteiger partial charge in [-0.25, -0.2) is 0 Å². The second-order valence-electron chi connectivity index (χ2n) is 13.0. The Bertz CT molecular complexity index is 1370. The van der Waals surface area contributed by atoms with Gasteiger partial charge in [0.1, 0.15) is 0 Å². The quantitative estimate of drug-likeness (QED) is 0.231. The third kappa shape index (κ3) is 3.82. The maximum absolute atomic E-state index is 2.71. The van der Waals surface area contributed by atoms with E-state index in [0.717, 1.165) is 13.1 Å². The van der Waals surface area contributed by atoms with Crippen LogP contribution in [0.25, 0.3) is 21.5 Å². The van der Waals surface area contributed by atoms with Crippen molar-refractivity contribution in [2.75, 3.05) is 22.9 Å². The van der Waals surface area contributed by atoms with E-state index in [4.69, 9.17) is 0 Å². The van der Waals surface area contributed by atoms with Crippen LogP contribution in [0.5, 0.6) is 0 Å². The lowest BCUT2D eigenvalue weighted by atomic mass is 9.81. The largest absolute Gasteiger partial charge is 0.367 e. The Hall–Kier alpha value is -3.00. The lowest BCUT2D eigenvalue weighted by molar-refractivity contribution is 0.431. The second kappa shape index (κ2) is 9.33. The highest BCUT2D eigenvalue weighted by Gasteiger charge is 2.43. The molecule has 0 fully saturated rings. The minimum absolute atomic E-state index is 0.175. The van der Waals surface area contributed by atoms with Crippen LogP contribution >= 0.6 is 0 Å². The first-order valence-corrected chi connectivity index (χ1v) is 14.8. The van der Waals surface area contributed by atoms with E-state index in [1.54, 1.807) is 0 Å². The fraction of sp³-hybridized carbons (Fsp3) is 0.444. The summed E-state index contributed by atoms with van der Waals surface area (Å²) < 4.78 is 0. The topological polar surface area (TPSA) is 6.48 Å². The van der Waals surface area contributed by atoms with Gasteiger partial charge in [0.15, 0.2) is 0 Å². The minimum Gasteiger partial charge on any atom is -0.367 e. The number of hydrogen-bond donors (Lipinski definition) is 0. The van der Waals surface area contributed by atoms with Crippen molar-refractivity contribution in [3.63, 3.8) is 0 Å². The summed E-state index contributed by atoms with van der Waals surface area (Å²) in [5.41, 5.74) is 6.34. The zero-order valence-electron chi connectivity index (χ0n) is 24.2. The van der Waals surface area contributed by atoms with Gasteiger partial charge in [-0.2, -0.15) is 0 Å². The molecule has 0 radical (unpaired) electrons. The normalized spacial score (nSPS) is 21.3. The van der Waals surface area contributed by atoms with Gasteiger partial charge in [0.2, 0.25) is 0 Å². The molecule has 2 nitrogen and oxygen atoms in total. The molecule has 0 amide bonds. The lowest BCUT2D eigenvalue weighted by Crippen LogP contribution is -2.39. The van der Waals surface area contributed by atoms with Crippen LogP contribution < -0.4 is 9.80 Å². The molecule has 2 heteroatoms. The molecule has 38 heavy (non-hydrogen) atoms. The van der Waals surface area contributed by atoms with Crippen LogP contribution in [0, 0.1) is 0 Å². The molecule has 0 saturated carbocycles. The lowest BCUT2D eigenvalue weighted by Gasteiger charge is -2.32. The van der Waals surface area contributed by atoms with Gasteiger partial charge in [-0.05, 0) is 48.6 Å². The van der Waals surface area contributed by atoms with Crippen molar-refractivity contribution in [3.05, 3.63) is 83.9 Å². The summed E-state index contributed by atoms with van der Waals surface area (Å²) in [5.74, 6) is 0. The smallest absolute Gasteiger partial charge is 0.0487 e. The number of benzene rings is 4. The number of anilines is 2. The second-order valence-corrected chi connectivity index (χ2v) is 13.0. The van der Waals surface area contributed by atoms with Crippen molar-refractivity contribution in [2.24, 2.45) is 0 Å². The van der Waals surface area contributed by atoms with Gasteiger partial charge in [0, 0.05) is 58.2 Å². The molecule has 4 aromatic carbocycles. The van der Waals surface area contributed by atoms with Gasteiger partial charge < -0.3 is 9.80 Å². The molecule has 2 atom stereocenters. The average Bonchev–Trinajstić information content (AvgIpc) is 3.24. The summed E-state index contributed by atoms with van der Waals surface area (Å²) in [6.45, 7) is 16.8. The number of hydrogen-bond acceptors (Lipinski definition) is 2. The number of nitrogens with zero attached hydrogens (tertiary/aromatic N) is 2. The maximum Gasteiger partial charge on any atom is 0.0487 e. The van der Waals surface area contributed by atoms with Crippen LogP contribution in [-0.2, 0) is 10.8 Å². The van der Waals surface area contributed by atoms with Crippen LogP contribution in [0.2, 0.25) is 0 Å². The molecule has 2 unspecified atom stereocenters. The van der Waals surface area contributed by atoms with Crippen molar-refractivity contribution in [3.8, 4) is 0 Å². The molecule has 0 spiro atoms. The summed E-state index contributed by atoms with van der Waals surface area (Å²) in [6, 6.07) is 28.3. The predicted octanol–water partition coefficient (Wildman–Crippen LogP) is 9.23. The molecule has 0 aromatic heterocycles. The zero-order chi connectivity index (χ0) is 26.7. The van der Waals surface area contributed by atoms with E-state index >= 15 is 0 Å². The number of rotatable bonds is 7. The van der Waals surface area contributed by atoms with Crippen LogP contribution in [-0.4, -0.2) is 25.2 Å². The van der Waals surface area contributed by atoms with Gasteiger partial charge in [-0.15, -0.1) is 0 Å². The Morgan fingerprint density at radius 1 is 0.526 bits per heavy atom. The van der Waals surface area contributed by atoms with Crippen molar-refractivity contribution in [1.29, 1.82) is 0 Å². The molecule has 2 heterocycles. The summed E-state index contributed by atoms with van der Waals surface area (Å²) in [7, 11) is 0. The Labute approximate surface area is 229 Å². The Kier molecular flexibility index (Phi) is 6.21. The highest BCUT2D eigenvalue weighted by Crippen LogP contribution is 2.49. The van der Waals surface area contributed by atoms with Crippen molar-refractivity contribution < 1.29 is 0 Å². The third-order valence-corrected chi connectivity index (χ3v) is 10.3. The first kappa shape index (κ1) is 25.3. The van der Waals surface area contributed by atoms with E-state index in [1.165, 1.54) is 69.7 Å². The summed E-state index contributed by atoms with van der Waals surface area (Å²) in [5, 5.41) is 5.55. The van der Waals surface area contributed by atoms with Crippen LogP contribution in [0.3, 0.4) is 0 Å². The molecule has 2 aliphatic heterocycles. The van der Waals surface area contributed by atoms with Crippen molar-refractivity contribution in [2.45, 2.75) is 90.1 Å². The molecule has 0 saturated heterocycles. The zero-order valence-corrected chi connectivity index (χ0v) is 24.2. The highest BCUT2D eigenvalue weighted by molar-refractivity contribution is 5.99. The minimum atomic E-state index is 0.175. The number of fused-ring (bicyclic) bond motifs is 6. The van der Waals surface area contributed by atoms with E-state index in [0.29, 0.717) is 12.1 Å². The molecular weight excluding hydrogens is 460 g/mol. The van der Waals surface area contributed by atoms with E-state index in [9.17, 15) is 0 Å². The Balaban J connectivity index is 1.12. The van der Waals surface area contributed by atoms with Gasteiger partial charge >= 0.3 is 0 Å². The van der Waals surface area contributed by atoms with E-state index in [2.05, 4.69) is 124 Å². The van der Waals surface area contributed by atoms with Crippen LogP contribution in [0.1, 0.15) is 78.4 Å². The fourth-order valence-electron chi connectivity index (χ4n) is 7.31. The molecule has 0 aliphatic carbocycles. The molecular formula is C36H44N2. The predicted molar refractivity (Wildman–Crippen MR) is 166 cm³/mol. The SMILES string of the molecule is CC1N(CCCCCCN2c3c(ccc4ccccc34)C(C)(C)C2C)c2c(ccc3ccccc23)C1(C)C. The summed E-state index contributed by atoms with van der Waals surface area (Å²) >= 11 is 0. The molecule has 0 N–H and O–H groups in total. The molecule has 2 aliphatic rings. The first-order valence-electron chi connectivity index (χ1n) is 14.8. The summed E-state index contributed by atoms with van der Waals surface area (Å²) in [4.78, 5) is 5.43. The average molecular weight is 505 g/mol. The number of unbranched alkanes of at least 4 members (excludes halogenated alkanes) is 3. The van der Waals surface area contributed by atoms with Crippen molar-refractivity contribution in [1.82, 2.24) is 0 Å².